The van der Waals surface area contributed by atoms with Gasteiger partial charge in [-0.1, -0.05) is 11.6 Å². The minimum atomic E-state index is -3.77. The summed E-state index contributed by atoms with van der Waals surface area (Å²) in [7, 11) is -3.77. The van der Waals surface area contributed by atoms with Crippen molar-refractivity contribution in [2.45, 2.75) is 24.0 Å². The van der Waals surface area contributed by atoms with Crippen molar-refractivity contribution >= 4 is 38.9 Å². The lowest BCUT2D eigenvalue weighted by atomic mass is 10.4. The van der Waals surface area contributed by atoms with Gasteiger partial charge >= 0.3 is 5.97 Å². The Hall–Kier alpha value is -0.630. The molecule has 1 aliphatic rings. The first-order chi connectivity index (χ1) is 8.80. The molecule has 0 amide bonds. The molecule has 2 rings (SSSR count). The number of aliphatic carboxylic acids is 1. The highest BCUT2D eigenvalue weighted by Gasteiger charge is 2.34. The molecule has 0 spiro atoms. The summed E-state index contributed by atoms with van der Waals surface area (Å²) in [4.78, 5) is 10.8. The Labute approximate surface area is 120 Å². The Balaban J connectivity index is 2.29. The van der Waals surface area contributed by atoms with Crippen molar-refractivity contribution < 1.29 is 18.3 Å². The van der Waals surface area contributed by atoms with Gasteiger partial charge in [0.2, 0.25) is 0 Å². The standard InChI is InChI=1S/C11H14ClNO4S2/c1-7-4-10(18-11(7)12)19(16,17)13(6-9(14)15)5-8-2-3-8/h4,8H,2-3,5-6H2,1H3,(H,14,15). The predicted molar refractivity (Wildman–Crippen MR) is 73.2 cm³/mol. The highest BCUT2D eigenvalue weighted by molar-refractivity contribution is 7.91. The van der Waals surface area contributed by atoms with Gasteiger partial charge in [-0.15, -0.1) is 11.3 Å². The van der Waals surface area contributed by atoms with Gasteiger partial charge in [0, 0.05) is 6.54 Å². The van der Waals surface area contributed by atoms with E-state index < -0.39 is 22.5 Å². The molecule has 0 aromatic carbocycles. The molecule has 8 heteroatoms. The fourth-order valence-corrected chi connectivity index (χ4v) is 5.00. The highest BCUT2D eigenvalue weighted by atomic mass is 35.5. The summed E-state index contributed by atoms with van der Waals surface area (Å²) in [6, 6.07) is 1.49. The Kier molecular flexibility index (Phi) is 4.20. The number of aryl methyl sites for hydroxylation is 1. The van der Waals surface area contributed by atoms with Crippen LogP contribution in [-0.2, 0) is 14.8 Å². The number of nitrogens with zero attached hydrogens (tertiary/aromatic N) is 1. The minimum absolute atomic E-state index is 0.108. The third-order valence-corrected chi connectivity index (χ3v) is 6.72. The molecule has 106 valence electrons. The summed E-state index contributed by atoms with van der Waals surface area (Å²) in [6.45, 7) is 1.48. The van der Waals surface area contributed by atoms with Crippen molar-refractivity contribution in [3.8, 4) is 0 Å². The van der Waals surface area contributed by atoms with E-state index >= 15 is 0 Å². The smallest absolute Gasteiger partial charge is 0.318 e. The third-order valence-electron chi connectivity index (χ3n) is 2.90. The van der Waals surface area contributed by atoms with E-state index in [9.17, 15) is 13.2 Å². The summed E-state index contributed by atoms with van der Waals surface area (Å²) >= 11 is 6.85. The van der Waals surface area contributed by atoms with Crippen LogP contribution in [0.25, 0.3) is 0 Å². The largest absolute Gasteiger partial charge is 0.480 e. The molecule has 0 unspecified atom stereocenters. The van der Waals surface area contributed by atoms with Crippen LogP contribution in [0.5, 0.6) is 0 Å². The van der Waals surface area contributed by atoms with Crippen LogP contribution in [0, 0.1) is 12.8 Å². The molecular weight excluding hydrogens is 310 g/mol. The molecule has 19 heavy (non-hydrogen) atoms. The van der Waals surface area contributed by atoms with Crippen molar-refractivity contribution in [3.05, 3.63) is 16.0 Å². The quantitative estimate of drug-likeness (QED) is 0.870. The van der Waals surface area contributed by atoms with Gasteiger partial charge in [-0.05, 0) is 37.3 Å². The Morgan fingerprint density at radius 1 is 1.58 bits per heavy atom. The first-order valence-electron chi connectivity index (χ1n) is 5.78. The number of sulfonamides is 1. The number of halogens is 1. The van der Waals surface area contributed by atoms with E-state index in [4.69, 9.17) is 16.7 Å². The molecule has 0 bridgehead atoms. The average Bonchev–Trinajstić information content (AvgIpc) is 3.04. The molecule has 1 fully saturated rings. The summed E-state index contributed by atoms with van der Waals surface area (Å²) in [5.41, 5.74) is 0.687. The van der Waals surface area contributed by atoms with E-state index in [1.165, 1.54) is 6.07 Å². The minimum Gasteiger partial charge on any atom is -0.480 e. The molecular formula is C11H14ClNO4S2. The molecule has 1 saturated carbocycles. The average molecular weight is 324 g/mol. The number of hydrogen-bond acceptors (Lipinski definition) is 4. The fraction of sp³-hybridized carbons (Fsp3) is 0.545. The second-order valence-corrected chi connectivity index (χ2v) is 8.48. The van der Waals surface area contributed by atoms with Gasteiger partial charge in [0.05, 0.1) is 4.34 Å². The lowest BCUT2D eigenvalue weighted by Gasteiger charge is -2.18. The molecule has 0 saturated heterocycles. The molecule has 1 N–H and O–H groups in total. The van der Waals surface area contributed by atoms with E-state index in [-0.39, 0.29) is 16.7 Å². The van der Waals surface area contributed by atoms with Gasteiger partial charge < -0.3 is 5.11 Å². The number of hydrogen-bond donors (Lipinski definition) is 1. The molecule has 5 nitrogen and oxygen atoms in total. The van der Waals surface area contributed by atoms with Crippen LogP contribution in [0.2, 0.25) is 4.34 Å². The Morgan fingerprint density at radius 3 is 2.63 bits per heavy atom. The first-order valence-corrected chi connectivity index (χ1v) is 8.42. The zero-order chi connectivity index (χ0) is 14.2. The van der Waals surface area contributed by atoms with Crippen LogP contribution in [0.3, 0.4) is 0 Å². The topological polar surface area (TPSA) is 74.7 Å². The number of thiophene rings is 1. The van der Waals surface area contributed by atoms with Gasteiger partial charge in [0.25, 0.3) is 10.0 Å². The van der Waals surface area contributed by atoms with Crippen LogP contribution in [0.15, 0.2) is 10.3 Å². The van der Waals surface area contributed by atoms with Crippen LogP contribution in [0.1, 0.15) is 18.4 Å². The Bertz CT molecular complexity index is 572. The maximum absolute atomic E-state index is 12.4. The molecule has 0 aliphatic heterocycles. The number of carboxylic acid groups (broad SMARTS) is 1. The van der Waals surface area contributed by atoms with E-state index in [2.05, 4.69) is 0 Å². The molecule has 1 aromatic rings. The van der Waals surface area contributed by atoms with E-state index in [1.807, 2.05) is 0 Å². The molecule has 1 aromatic heterocycles. The number of rotatable bonds is 6. The second kappa shape index (κ2) is 5.40. The zero-order valence-electron chi connectivity index (χ0n) is 10.3. The third kappa shape index (κ3) is 3.47. The number of carbonyl (C=O) groups is 1. The maximum Gasteiger partial charge on any atom is 0.318 e. The maximum atomic E-state index is 12.4. The predicted octanol–water partition coefficient (Wildman–Crippen LogP) is 2.20. The summed E-state index contributed by atoms with van der Waals surface area (Å²) < 4.78 is 26.4. The van der Waals surface area contributed by atoms with Gasteiger partial charge in [-0.2, -0.15) is 4.31 Å². The SMILES string of the molecule is Cc1cc(S(=O)(=O)N(CC(=O)O)CC2CC2)sc1Cl. The van der Waals surface area contributed by atoms with Gasteiger partial charge in [0.1, 0.15) is 10.8 Å². The molecule has 1 heterocycles. The van der Waals surface area contributed by atoms with E-state index in [0.29, 0.717) is 9.90 Å². The molecule has 0 atom stereocenters. The Morgan fingerprint density at radius 2 is 2.21 bits per heavy atom. The number of carboxylic acids is 1. The van der Waals surface area contributed by atoms with Crippen molar-refractivity contribution in [2.24, 2.45) is 5.92 Å². The monoisotopic (exact) mass is 323 g/mol. The van der Waals surface area contributed by atoms with E-state index in [0.717, 1.165) is 28.5 Å². The summed E-state index contributed by atoms with van der Waals surface area (Å²) in [6.07, 6.45) is 1.91. The van der Waals surface area contributed by atoms with Crippen LogP contribution in [-0.4, -0.2) is 36.9 Å². The van der Waals surface area contributed by atoms with Crippen molar-refractivity contribution in [2.75, 3.05) is 13.1 Å². The van der Waals surface area contributed by atoms with Crippen molar-refractivity contribution in [3.63, 3.8) is 0 Å². The van der Waals surface area contributed by atoms with Crippen molar-refractivity contribution in [1.29, 1.82) is 0 Å². The first kappa shape index (κ1) is 14.8. The molecule has 1 aliphatic carbocycles. The second-order valence-electron chi connectivity index (χ2n) is 4.66. The normalized spacial score (nSPS) is 15.9. The van der Waals surface area contributed by atoms with Crippen LogP contribution >= 0.6 is 22.9 Å². The lowest BCUT2D eigenvalue weighted by molar-refractivity contribution is -0.137. The van der Waals surface area contributed by atoms with E-state index in [1.54, 1.807) is 6.92 Å². The zero-order valence-corrected chi connectivity index (χ0v) is 12.7. The highest BCUT2D eigenvalue weighted by Crippen LogP contribution is 2.35. The fourth-order valence-electron chi connectivity index (χ4n) is 1.67. The molecule has 0 radical (unpaired) electrons. The van der Waals surface area contributed by atoms with Gasteiger partial charge in [-0.3, -0.25) is 4.79 Å². The van der Waals surface area contributed by atoms with Crippen LogP contribution in [0.4, 0.5) is 0 Å². The van der Waals surface area contributed by atoms with Crippen molar-refractivity contribution in [1.82, 2.24) is 4.31 Å². The summed E-state index contributed by atoms with van der Waals surface area (Å²) in [5.74, 6) is -0.866. The van der Waals surface area contributed by atoms with Crippen LogP contribution < -0.4 is 0 Å². The van der Waals surface area contributed by atoms with Gasteiger partial charge in [0.15, 0.2) is 0 Å². The van der Waals surface area contributed by atoms with Gasteiger partial charge in [-0.25, -0.2) is 8.42 Å². The summed E-state index contributed by atoms with van der Waals surface area (Å²) in [5, 5.41) is 8.86. The lowest BCUT2D eigenvalue weighted by Crippen LogP contribution is -2.36.